The zero-order valence-corrected chi connectivity index (χ0v) is 14.7. The summed E-state index contributed by atoms with van der Waals surface area (Å²) < 4.78 is 5.43. The molecule has 2 amide bonds. The molecule has 0 aliphatic carbocycles. The molecule has 1 unspecified atom stereocenters. The van der Waals surface area contributed by atoms with Crippen molar-refractivity contribution in [2.45, 2.75) is 51.3 Å². The molecule has 3 N–H and O–H groups in total. The maximum Gasteiger partial charge on any atom is 0.249 e. The van der Waals surface area contributed by atoms with Crippen LogP contribution >= 0.6 is 0 Å². The monoisotopic (exact) mass is 343 g/mol. The van der Waals surface area contributed by atoms with Crippen molar-refractivity contribution in [2.24, 2.45) is 0 Å². The topological polar surface area (TPSA) is 83.2 Å². The fourth-order valence-corrected chi connectivity index (χ4v) is 3.16. The van der Waals surface area contributed by atoms with E-state index >= 15 is 0 Å². The van der Waals surface area contributed by atoms with Crippen LogP contribution in [0.3, 0.4) is 0 Å². The average molecular weight is 343 g/mol. The van der Waals surface area contributed by atoms with E-state index in [1.807, 2.05) is 44.3 Å². The number of aromatic nitrogens is 1. The number of para-hydroxylation sites is 1. The van der Waals surface area contributed by atoms with Crippen LogP contribution in [0, 0.1) is 0 Å². The highest BCUT2D eigenvalue weighted by atomic mass is 16.5. The summed E-state index contributed by atoms with van der Waals surface area (Å²) in [6, 6.07) is 7.32. The number of ether oxygens (including phenoxy) is 1. The van der Waals surface area contributed by atoms with Gasteiger partial charge in [-0.3, -0.25) is 9.59 Å². The number of amides is 2. The fourth-order valence-electron chi connectivity index (χ4n) is 3.16. The molecule has 3 rings (SSSR count). The number of carbonyl (C=O) groups is 2. The van der Waals surface area contributed by atoms with Crippen molar-refractivity contribution in [1.82, 2.24) is 15.6 Å². The van der Waals surface area contributed by atoms with Crippen LogP contribution in [0.2, 0.25) is 0 Å². The van der Waals surface area contributed by atoms with E-state index in [0.29, 0.717) is 19.4 Å². The molecule has 1 aromatic heterocycles. The van der Waals surface area contributed by atoms with Gasteiger partial charge in [0.1, 0.15) is 12.1 Å². The quantitative estimate of drug-likeness (QED) is 0.749. The maximum absolute atomic E-state index is 12.6. The minimum Gasteiger partial charge on any atom is -0.368 e. The van der Waals surface area contributed by atoms with E-state index in [9.17, 15) is 9.59 Å². The second-order valence-corrected chi connectivity index (χ2v) is 6.79. The molecule has 0 saturated carbocycles. The molecule has 1 aliphatic rings. The van der Waals surface area contributed by atoms with E-state index in [2.05, 4.69) is 15.6 Å². The number of benzene rings is 1. The lowest BCUT2D eigenvalue weighted by molar-refractivity contribution is -0.134. The first kappa shape index (κ1) is 17.5. The Hall–Kier alpha value is -2.34. The SMILES string of the molecule is CC(C)NC(=O)[C@@H](Cc1c[nH]c2ccccc12)NC(=O)C1CCCO1. The molecule has 1 aromatic carbocycles. The van der Waals surface area contributed by atoms with E-state index in [0.717, 1.165) is 22.9 Å². The first-order chi connectivity index (χ1) is 12.0. The number of hydrogen-bond donors (Lipinski definition) is 3. The number of carbonyl (C=O) groups excluding carboxylic acids is 2. The molecular formula is C19H25N3O3. The van der Waals surface area contributed by atoms with Crippen LogP contribution in [0.15, 0.2) is 30.5 Å². The Morgan fingerprint density at radius 3 is 2.80 bits per heavy atom. The molecule has 6 nitrogen and oxygen atoms in total. The number of nitrogens with one attached hydrogen (secondary N) is 3. The summed E-state index contributed by atoms with van der Waals surface area (Å²) in [5.74, 6) is -0.382. The third-order valence-electron chi connectivity index (χ3n) is 4.38. The van der Waals surface area contributed by atoms with Crippen molar-refractivity contribution >= 4 is 22.7 Å². The van der Waals surface area contributed by atoms with Crippen molar-refractivity contribution < 1.29 is 14.3 Å². The standard InChI is InChI=1S/C19H25N3O3/c1-12(2)21-18(23)16(22-19(24)17-8-5-9-25-17)10-13-11-20-15-7-4-3-6-14(13)15/h3-4,6-7,11-12,16-17,20H,5,8-10H2,1-2H3,(H,21,23)(H,22,24)/t16-,17?/m1/s1. The molecule has 0 spiro atoms. The lowest BCUT2D eigenvalue weighted by Crippen LogP contribution is -2.51. The van der Waals surface area contributed by atoms with Gasteiger partial charge >= 0.3 is 0 Å². The van der Waals surface area contributed by atoms with Crippen molar-refractivity contribution in [3.05, 3.63) is 36.0 Å². The van der Waals surface area contributed by atoms with Crippen molar-refractivity contribution in [1.29, 1.82) is 0 Å². The summed E-state index contributed by atoms with van der Waals surface area (Å²) in [7, 11) is 0. The molecule has 0 bridgehead atoms. The van der Waals surface area contributed by atoms with Gasteiger partial charge in [-0.15, -0.1) is 0 Å². The number of aromatic amines is 1. The minimum absolute atomic E-state index is 0.0117. The van der Waals surface area contributed by atoms with Crippen molar-refractivity contribution in [2.75, 3.05) is 6.61 Å². The second kappa shape index (κ2) is 7.70. The molecule has 1 aliphatic heterocycles. The first-order valence-electron chi connectivity index (χ1n) is 8.82. The van der Waals surface area contributed by atoms with Gasteiger partial charge in [0.05, 0.1) is 0 Å². The number of H-pyrrole nitrogens is 1. The van der Waals surface area contributed by atoms with E-state index in [4.69, 9.17) is 4.74 Å². The highest BCUT2D eigenvalue weighted by molar-refractivity contribution is 5.91. The van der Waals surface area contributed by atoms with Gasteiger partial charge < -0.3 is 20.4 Å². The Morgan fingerprint density at radius 2 is 2.08 bits per heavy atom. The van der Waals surface area contributed by atoms with Gasteiger partial charge in [0.25, 0.3) is 0 Å². The Morgan fingerprint density at radius 1 is 1.28 bits per heavy atom. The highest BCUT2D eigenvalue weighted by Gasteiger charge is 2.29. The van der Waals surface area contributed by atoms with Gasteiger partial charge in [-0.05, 0) is 38.3 Å². The van der Waals surface area contributed by atoms with Crippen LogP contribution in [0.5, 0.6) is 0 Å². The Labute approximate surface area is 147 Å². The van der Waals surface area contributed by atoms with Crippen LogP contribution in [0.1, 0.15) is 32.3 Å². The molecule has 2 heterocycles. The largest absolute Gasteiger partial charge is 0.368 e. The van der Waals surface area contributed by atoms with Gasteiger partial charge in [0.2, 0.25) is 11.8 Å². The molecule has 0 radical (unpaired) electrons. The molecule has 134 valence electrons. The Balaban J connectivity index is 1.77. The van der Waals surface area contributed by atoms with Crippen LogP contribution in [-0.2, 0) is 20.7 Å². The van der Waals surface area contributed by atoms with Crippen LogP contribution < -0.4 is 10.6 Å². The molecule has 6 heteroatoms. The molecule has 1 saturated heterocycles. The van der Waals surface area contributed by atoms with E-state index < -0.39 is 12.1 Å². The van der Waals surface area contributed by atoms with Gasteiger partial charge in [0, 0.05) is 36.2 Å². The van der Waals surface area contributed by atoms with E-state index in [1.165, 1.54) is 0 Å². The lowest BCUT2D eigenvalue weighted by Gasteiger charge is -2.21. The minimum atomic E-state index is -0.627. The van der Waals surface area contributed by atoms with Gasteiger partial charge in [-0.25, -0.2) is 0 Å². The normalized spacial score (nSPS) is 18.4. The summed E-state index contributed by atoms with van der Waals surface area (Å²) in [6.07, 6.45) is 3.47. The molecule has 25 heavy (non-hydrogen) atoms. The van der Waals surface area contributed by atoms with Gasteiger partial charge in [-0.2, -0.15) is 0 Å². The fraction of sp³-hybridized carbons (Fsp3) is 0.474. The second-order valence-electron chi connectivity index (χ2n) is 6.79. The molecule has 1 fully saturated rings. The smallest absolute Gasteiger partial charge is 0.249 e. The van der Waals surface area contributed by atoms with Crippen LogP contribution in [0.4, 0.5) is 0 Å². The average Bonchev–Trinajstić information content (AvgIpc) is 3.23. The third kappa shape index (κ3) is 4.20. The maximum atomic E-state index is 12.6. The predicted octanol–water partition coefficient (Wildman–Crippen LogP) is 1.90. The van der Waals surface area contributed by atoms with Crippen LogP contribution in [-0.4, -0.2) is 41.6 Å². The van der Waals surface area contributed by atoms with Crippen molar-refractivity contribution in [3.63, 3.8) is 0 Å². The van der Waals surface area contributed by atoms with Gasteiger partial charge in [0.15, 0.2) is 0 Å². The molecule has 2 atom stereocenters. The summed E-state index contributed by atoms with van der Waals surface area (Å²) >= 11 is 0. The number of fused-ring (bicyclic) bond motifs is 1. The summed E-state index contributed by atoms with van der Waals surface area (Å²) in [5, 5.41) is 6.84. The van der Waals surface area contributed by atoms with E-state index in [-0.39, 0.29) is 17.9 Å². The van der Waals surface area contributed by atoms with Crippen LogP contribution in [0.25, 0.3) is 10.9 Å². The van der Waals surface area contributed by atoms with Crippen molar-refractivity contribution in [3.8, 4) is 0 Å². The Kier molecular flexibility index (Phi) is 5.38. The zero-order chi connectivity index (χ0) is 17.8. The molecular weight excluding hydrogens is 318 g/mol. The lowest BCUT2D eigenvalue weighted by atomic mass is 10.0. The van der Waals surface area contributed by atoms with Gasteiger partial charge in [-0.1, -0.05) is 18.2 Å². The summed E-state index contributed by atoms with van der Waals surface area (Å²) in [6.45, 7) is 4.41. The Bertz CT molecular complexity index is 747. The zero-order valence-electron chi connectivity index (χ0n) is 14.7. The summed E-state index contributed by atoms with van der Waals surface area (Å²) in [5.41, 5.74) is 2.03. The number of rotatable bonds is 6. The third-order valence-corrected chi connectivity index (χ3v) is 4.38. The molecule has 2 aromatic rings. The predicted molar refractivity (Wildman–Crippen MR) is 96.2 cm³/mol. The van der Waals surface area contributed by atoms with E-state index in [1.54, 1.807) is 0 Å². The highest BCUT2D eigenvalue weighted by Crippen LogP contribution is 2.19. The first-order valence-corrected chi connectivity index (χ1v) is 8.82. The number of hydrogen-bond acceptors (Lipinski definition) is 3. The summed E-state index contributed by atoms with van der Waals surface area (Å²) in [4.78, 5) is 28.2.